The maximum Gasteiger partial charge on any atom is 0.306 e. The van der Waals surface area contributed by atoms with Crippen LogP contribution in [0, 0.1) is 5.92 Å². The molecule has 0 fully saturated rings. The van der Waals surface area contributed by atoms with Crippen LogP contribution in [0.2, 0.25) is 0 Å². The normalized spacial score (nSPS) is 12.0. The molecule has 1 atom stereocenters. The summed E-state index contributed by atoms with van der Waals surface area (Å²) >= 11 is 0. The summed E-state index contributed by atoms with van der Waals surface area (Å²) in [4.78, 5) is 38.2. The van der Waals surface area contributed by atoms with Crippen molar-refractivity contribution in [3.05, 3.63) is 0 Å². The van der Waals surface area contributed by atoms with Gasteiger partial charge in [-0.1, -0.05) is 323 Å². The fourth-order valence-corrected chi connectivity index (χ4v) is 9.81. The number of esters is 3. The Labute approximate surface area is 431 Å². The average Bonchev–Trinajstić information content (AvgIpc) is 3.34. The fourth-order valence-electron chi connectivity index (χ4n) is 9.81. The third-order valence-electron chi connectivity index (χ3n) is 14.5. The Morgan fingerprint density at radius 2 is 0.478 bits per heavy atom. The highest BCUT2D eigenvalue weighted by Crippen LogP contribution is 2.19. The number of hydrogen-bond donors (Lipinski definition) is 0. The number of hydrogen-bond acceptors (Lipinski definition) is 6. The zero-order valence-electron chi connectivity index (χ0n) is 47.3. The summed E-state index contributed by atoms with van der Waals surface area (Å²) in [5.41, 5.74) is 0. The van der Waals surface area contributed by atoms with Crippen LogP contribution in [0.5, 0.6) is 0 Å². The van der Waals surface area contributed by atoms with Crippen LogP contribution in [0.15, 0.2) is 0 Å². The van der Waals surface area contributed by atoms with Gasteiger partial charge in [0.2, 0.25) is 0 Å². The molecule has 0 spiro atoms. The number of rotatable bonds is 58. The molecule has 0 aromatic heterocycles. The van der Waals surface area contributed by atoms with Gasteiger partial charge in [0, 0.05) is 19.3 Å². The summed E-state index contributed by atoms with van der Waals surface area (Å²) in [5.74, 6) is -0.0127. The molecule has 6 nitrogen and oxygen atoms in total. The van der Waals surface area contributed by atoms with E-state index in [4.69, 9.17) is 14.2 Å². The van der Waals surface area contributed by atoms with Gasteiger partial charge >= 0.3 is 17.9 Å². The van der Waals surface area contributed by atoms with Gasteiger partial charge in [-0.25, -0.2) is 0 Å². The minimum Gasteiger partial charge on any atom is -0.462 e. The van der Waals surface area contributed by atoms with Gasteiger partial charge in [-0.05, 0) is 25.2 Å². The van der Waals surface area contributed by atoms with Crippen molar-refractivity contribution in [3.8, 4) is 0 Å². The maximum atomic E-state index is 12.9. The molecule has 0 saturated heterocycles. The third-order valence-corrected chi connectivity index (χ3v) is 14.5. The van der Waals surface area contributed by atoms with Crippen molar-refractivity contribution >= 4 is 17.9 Å². The molecule has 0 N–H and O–H groups in total. The van der Waals surface area contributed by atoms with E-state index in [9.17, 15) is 14.4 Å². The van der Waals surface area contributed by atoms with Crippen LogP contribution in [-0.4, -0.2) is 37.2 Å². The minimum atomic E-state index is -0.763. The van der Waals surface area contributed by atoms with Crippen molar-refractivity contribution < 1.29 is 28.6 Å². The Morgan fingerprint density at radius 1 is 0.275 bits per heavy atom. The lowest BCUT2D eigenvalue weighted by atomic mass is 10.0. The third kappa shape index (κ3) is 57.2. The number of carbonyl (C=O) groups is 3. The molecule has 0 saturated carbocycles. The molecule has 0 rings (SSSR count). The smallest absolute Gasteiger partial charge is 0.306 e. The second-order valence-corrected chi connectivity index (χ2v) is 22.2. The van der Waals surface area contributed by atoms with E-state index in [1.807, 2.05) is 0 Å². The lowest BCUT2D eigenvalue weighted by Crippen LogP contribution is -2.30. The average molecular weight is 976 g/mol. The second-order valence-electron chi connectivity index (χ2n) is 22.2. The Morgan fingerprint density at radius 3 is 0.710 bits per heavy atom. The van der Waals surface area contributed by atoms with Crippen molar-refractivity contribution in [1.82, 2.24) is 0 Å². The van der Waals surface area contributed by atoms with E-state index in [-0.39, 0.29) is 31.1 Å². The molecule has 0 aromatic rings. The molecular weight excluding hydrogens is 853 g/mol. The highest BCUT2D eigenvalue weighted by molar-refractivity contribution is 5.71. The number of unbranched alkanes of at least 4 members (excludes halogenated alkanes) is 45. The Balaban J connectivity index is 4.26. The molecular formula is C63H122O6. The van der Waals surface area contributed by atoms with Crippen molar-refractivity contribution in [1.29, 1.82) is 0 Å². The van der Waals surface area contributed by atoms with Crippen molar-refractivity contribution in [2.24, 2.45) is 5.92 Å². The predicted octanol–water partition coefficient (Wildman–Crippen LogP) is 21.0. The summed E-state index contributed by atoms with van der Waals surface area (Å²) in [5, 5.41) is 0. The monoisotopic (exact) mass is 975 g/mol. The summed E-state index contributed by atoms with van der Waals surface area (Å²) in [6.45, 7) is 9.06. The minimum absolute atomic E-state index is 0.0616. The van der Waals surface area contributed by atoms with Gasteiger partial charge in [-0.15, -0.1) is 0 Å². The van der Waals surface area contributed by atoms with Crippen LogP contribution >= 0.6 is 0 Å². The molecule has 0 aliphatic heterocycles. The summed E-state index contributed by atoms with van der Waals surface area (Å²) in [7, 11) is 0. The van der Waals surface area contributed by atoms with Gasteiger partial charge in [-0.2, -0.15) is 0 Å². The summed E-state index contributed by atoms with van der Waals surface area (Å²) in [6, 6.07) is 0. The first-order valence-corrected chi connectivity index (χ1v) is 31.4. The predicted molar refractivity (Wildman–Crippen MR) is 298 cm³/mol. The SMILES string of the molecule is CCCCCCCCCCCCCCCCCCCCCC(=O)OC[C@@H](COC(=O)CCCCCCCCCCCCC(C)C)OC(=O)CCCCCCCCCCCCCCCCCCCCC. The van der Waals surface area contributed by atoms with E-state index in [2.05, 4.69) is 27.7 Å². The van der Waals surface area contributed by atoms with Gasteiger partial charge < -0.3 is 14.2 Å². The van der Waals surface area contributed by atoms with E-state index in [1.54, 1.807) is 0 Å². The van der Waals surface area contributed by atoms with Gasteiger partial charge in [0.1, 0.15) is 13.2 Å². The first-order valence-electron chi connectivity index (χ1n) is 31.4. The highest BCUT2D eigenvalue weighted by atomic mass is 16.6. The van der Waals surface area contributed by atoms with Crippen LogP contribution in [0.25, 0.3) is 0 Å². The van der Waals surface area contributed by atoms with Crippen molar-refractivity contribution in [2.75, 3.05) is 13.2 Å². The second kappa shape index (κ2) is 57.3. The van der Waals surface area contributed by atoms with Crippen LogP contribution in [0.3, 0.4) is 0 Å². The molecule has 0 aliphatic rings. The van der Waals surface area contributed by atoms with E-state index in [0.29, 0.717) is 19.3 Å². The molecule has 0 aliphatic carbocycles. The highest BCUT2D eigenvalue weighted by Gasteiger charge is 2.19. The zero-order chi connectivity index (χ0) is 50.2. The Kier molecular flexibility index (Phi) is 56.0. The van der Waals surface area contributed by atoms with E-state index < -0.39 is 6.10 Å². The largest absolute Gasteiger partial charge is 0.462 e. The van der Waals surface area contributed by atoms with Crippen LogP contribution in [-0.2, 0) is 28.6 Å². The van der Waals surface area contributed by atoms with Gasteiger partial charge in [0.05, 0.1) is 0 Å². The Hall–Kier alpha value is -1.59. The molecule has 0 bridgehead atoms. The molecule has 0 amide bonds. The molecule has 0 unspecified atom stereocenters. The van der Waals surface area contributed by atoms with Crippen LogP contribution in [0.4, 0.5) is 0 Å². The quantitative estimate of drug-likeness (QED) is 0.0343. The zero-order valence-corrected chi connectivity index (χ0v) is 47.3. The van der Waals surface area contributed by atoms with E-state index in [1.165, 1.54) is 257 Å². The standard InChI is InChI=1S/C63H122O6/c1-5-7-9-11-13-15-17-19-21-23-25-27-29-31-33-38-42-46-50-54-61(64)67-57-60(58-68-62(65)55-51-47-43-39-36-35-37-41-45-49-53-59(3)4)69-63(66)56-52-48-44-40-34-32-30-28-26-24-22-20-18-16-14-12-10-8-6-2/h59-60H,5-58H2,1-4H3/t60-/m0/s1. The van der Waals surface area contributed by atoms with E-state index in [0.717, 1.165) is 63.7 Å². The molecule has 6 heteroatoms. The number of carbonyl (C=O) groups excluding carboxylic acids is 3. The molecule has 0 radical (unpaired) electrons. The van der Waals surface area contributed by atoms with Crippen LogP contribution < -0.4 is 0 Å². The molecule has 0 heterocycles. The number of ether oxygens (including phenoxy) is 3. The molecule has 410 valence electrons. The van der Waals surface area contributed by atoms with Gasteiger partial charge in [0.15, 0.2) is 6.10 Å². The summed E-state index contributed by atoms with van der Waals surface area (Å²) in [6.07, 6.45) is 63.9. The topological polar surface area (TPSA) is 78.9 Å². The first-order chi connectivity index (χ1) is 33.9. The fraction of sp³-hybridized carbons (Fsp3) is 0.952. The van der Waals surface area contributed by atoms with Crippen molar-refractivity contribution in [3.63, 3.8) is 0 Å². The van der Waals surface area contributed by atoms with E-state index >= 15 is 0 Å². The molecule has 69 heavy (non-hydrogen) atoms. The van der Waals surface area contributed by atoms with Gasteiger partial charge in [0.25, 0.3) is 0 Å². The maximum absolute atomic E-state index is 12.9. The van der Waals surface area contributed by atoms with Gasteiger partial charge in [-0.3, -0.25) is 14.4 Å². The molecule has 0 aromatic carbocycles. The summed E-state index contributed by atoms with van der Waals surface area (Å²) < 4.78 is 16.9. The lowest BCUT2D eigenvalue weighted by Gasteiger charge is -2.18. The van der Waals surface area contributed by atoms with Crippen molar-refractivity contribution in [2.45, 2.75) is 368 Å². The Bertz CT molecular complexity index is 1040. The first kappa shape index (κ1) is 67.4. The van der Waals surface area contributed by atoms with Crippen LogP contribution in [0.1, 0.15) is 362 Å². The lowest BCUT2D eigenvalue weighted by molar-refractivity contribution is -0.167.